The molecule has 1 atom stereocenters. The molecule has 0 aliphatic carbocycles. The fourth-order valence-electron chi connectivity index (χ4n) is 1.99. The number of hydrazine groups is 1. The Bertz CT molecular complexity index is 858. The summed E-state index contributed by atoms with van der Waals surface area (Å²) in [4.78, 5) is 33.5. The van der Waals surface area contributed by atoms with Gasteiger partial charge in [-0.05, 0) is 50.3 Å². The number of nitrogens with one attached hydrogen (secondary N) is 2. The maximum absolute atomic E-state index is 12.0. The minimum Gasteiger partial charge on any atom is -0.494 e. The van der Waals surface area contributed by atoms with E-state index < -0.39 is 28.7 Å². The minimum atomic E-state index is -0.866. The summed E-state index contributed by atoms with van der Waals surface area (Å²) in [5.41, 5.74) is 4.39. The molecular weight excluding hydrogens is 370 g/mol. The van der Waals surface area contributed by atoms with Gasteiger partial charge in [-0.1, -0.05) is 0 Å². The average Bonchev–Trinajstić information content (AvgIpc) is 3.15. The lowest BCUT2D eigenvalue weighted by atomic mass is 10.3. The van der Waals surface area contributed by atoms with Crippen LogP contribution >= 0.6 is 0 Å². The summed E-state index contributed by atoms with van der Waals surface area (Å²) in [6, 6.07) is 9.27. The number of nitrogens with zero attached hydrogens (tertiary/aromatic N) is 1. The Kier molecular flexibility index (Phi) is 7.14. The molecule has 0 radical (unpaired) electrons. The van der Waals surface area contributed by atoms with Crippen LogP contribution in [0.25, 0.3) is 6.08 Å². The molecule has 0 saturated carbocycles. The molecule has 2 amide bonds. The molecular formula is C18H19N3O7. The molecule has 0 aliphatic rings. The Balaban J connectivity index is 1.78. The Labute approximate surface area is 160 Å². The van der Waals surface area contributed by atoms with Gasteiger partial charge in [0.05, 0.1) is 12.7 Å². The fraction of sp³-hybridized carbons (Fsp3) is 0.222. The molecule has 0 unspecified atom stereocenters. The third-order valence-corrected chi connectivity index (χ3v) is 3.32. The molecule has 28 heavy (non-hydrogen) atoms. The summed E-state index contributed by atoms with van der Waals surface area (Å²) in [6.07, 6.45) is 1.42. The van der Waals surface area contributed by atoms with Gasteiger partial charge in [0, 0.05) is 6.08 Å². The third kappa shape index (κ3) is 6.16. The fourth-order valence-corrected chi connectivity index (χ4v) is 1.99. The van der Waals surface area contributed by atoms with E-state index in [1.165, 1.54) is 25.1 Å². The van der Waals surface area contributed by atoms with Crippen molar-refractivity contribution in [2.24, 2.45) is 0 Å². The predicted molar refractivity (Wildman–Crippen MR) is 98.4 cm³/mol. The lowest BCUT2D eigenvalue weighted by Gasteiger charge is -2.15. The molecule has 1 aromatic heterocycles. The van der Waals surface area contributed by atoms with Gasteiger partial charge >= 0.3 is 5.88 Å². The summed E-state index contributed by atoms with van der Waals surface area (Å²) in [7, 11) is 0. The summed E-state index contributed by atoms with van der Waals surface area (Å²) in [5, 5.41) is 10.5. The molecule has 0 bridgehead atoms. The summed E-state index contributed by atoms with van der Waals surface area (Å²) >= 11 is 0. The average molecular weight is 389 g/mol. The largest absolute Gasteiger partial charge is 0.494 e. The lowest BCUT2D eigenvalue weighted by molar-refractivity contribution is -0.402. The van der Waals surface area contributed by atoms with Gasteiger partial charge in [0.1, 0.15) is 22.2 Å². The van der Waals surface area contributed by atoms with Gasteiger partial charge in [0.2, 0.25) is 0 Å². The molecule has 1 heterocycles. The number of ether oxygens (including phenoxy) is 2. The maximum Gasteiger partial charge on any atom is 0.433 e. The van der Waals surface area contributed by atoms with Gasteiger partial charge < -0.3 is 13.9 Å². The molecule has 10 heteroatoms. The van der Waals surface area contributed by atoms with Crippen LogP contribution in [0.4, 0.5) is 5.88 Å². The summed E-state index contributed by atoms with van der Waals surface area (Å²) < 4.78 is 15.7. The van der Waals surface area contributed by atoms with Crippen molar-refractivity contribution in [1.29, 1.82) is 0 Å². The number of benzene rings is 1. The van der Waals surface area contributed by atoms with E-state index in [2.05, 4.69) is 10.9 Å². The first-order valence-corrected chi connectivity index (χ1v) is 8.30. The molecule has 2 rings (SSSR count). The first-order chi connectivity index (χ1) is 13.4. The van der Waals surface area contributed by atoms with E-state index in [1.54, 1.807) is 24.3 Å². The maximum atomic E-state index is 12.0. The molecule has 0 aliphatic heterocycles. The van der Waals surface area contributed by atoms with Crippen molar-refractivity contribution in [3.63, 3.8) is 0 Å². The first kappa shape index (κ1) is 20.5. The highest BCUT2D eigenvalue weighted by Crippen LogP contribution is 2.18. The number of hydrogen-bond acceptors (Lipinski definition) is 7. The highest BCUT2D eigenvalue weighted by atomic mass is 16.6. The van der Waals surface area contributed by atoms with E-state index in [-0.39, 0.29) is 5.76 Å². The third-order valence-electron chi connectivity index (χ3n) is 3.32. The van der Waals surface area contributed by atoms with Crippen molar-refractivity contribution in [3.05, 3.63) is 58.3 Å². The quantitative estimate of drug-likeness (QED) is 0.402. The zero-order chi connectivity index (χ0) is 20.5. The van der Waals surface area contributed by atoms with Crippen molar-refractivity contribution in [2.45, 2.75) is 20.0 Å². The smallest absolute Gasteiger partial charge is 0.433 e. The Morgan fingerprint density at radius 1 is 1.18 bits per heavy atom. The summed E-state index contributed by atoms with van der Waals surface area (Å²) in [6.45, 7) is 3.94. The van der Waals surface area contributed by atoms with Crippen LogP contribution in [-0.4, -0.2) is 29.4 Å². The van der Waals surface area contributed by atoms with Gasteiger partial charge in [-0.3, -0.25) is 30.6 Å². The van der Waals surface area contributed by atoms with Gasteiger partial charge in [-0.25, -0.2) is 0 Å². The Hall–Kier alpha value is -3.82. The molecule has 148 valence electrons. The monoisotopic (exact) mass is 389 g/mol. The van der Waals surface area contributed by atoms with E-state index in [0.29, 0.717) is 18.1 Å². The molecule has 0 saturated heterocycles. The van der Waals surface area contributed by atoms with Crippen LogP contribution in [0.2, 0.25) is 0 Å². The molecule has 2 aromatic rings. The Morgan fingerprint density at radius 2 is 1.86 bits per heavy atom. The van der Waals surface area contributed by atoms with Crippen molar-refractivity contribution < 1.29 is 28.4 Å². The van der Waals surface area contributed by atoms with Crippen LogP contribution in [0.5, 0.6) is 11.5 Å². The van der Waals surface area contributed by atoms with Crippen LogP contribution in [0.15, 0.2) is 46.9 Å². The highest BCUT2D eigenvalue weighted by molar-refractivity contribution is 5.93. The second-order valence-corrected chi connectivity index (χ2v) is 5.41. The second kappa shape index (κ2) is 9.76. The van der Waals surface area contributed by atoms with Crippen LogP contribution in [0.3, 0.4) is 0 Å². The van der Waals surface area contributed by atoms with Gasteiger partial charge in [0.15, 0.2) is 6.10 Å². The number of furan rings is 1. The molecule has 10 nitrogen and oxygen atoms in total. The Morgan fingerprint density at radius 3 is 2.46 bits per heavy atom. The minimum absolute atomic E-state index is 0.125. The number of carbonyl (C=O) groups excluding carboxylic acids is 2. The standard InChI is InChI=1S/C18H19N3O7/c1-3-26-13-4-6-14(7-5-13)27-12(2)18(23)20-19-16(22)10-8-15-9-11-17(28-15)21(24)25/h4-12H,3H2,1-2H3,(H,19,22)(H,20,23)/b10-8+/t12-/m1/s1. The highest BCUT2D eigenvalue weighted by Gasteiger charge is 2.15. The van der Waals surface area contributed by atoms with Crippen LogP contribution in [-0.2, 0) is 9.59 Å². The number of hydrogen-bond donors (Lipinski definition) is 2. The predicted octanol–water partition coefficient (Wildman–Crippen LogP) is 2.21. The molecule has 2 N–H and O–H groups in total. The van der Waals surface area contributed by atoms with Crippen LogP contribution in [0, 0.1) is 10.1 Å². The van der Waals surface area contributed by atoms with E-state index >= 15 is 0 Å². The van der Waals surface area contributed by atoms with E-state index in [9.17, 15) is 19.7 Å². The molecule has 0 fully saturated rings. The van der Waals surface area contributed by atoms with Gasteiger partial charge in [-0.15, -0.1) is 0 Å². The van der Waals surface area contributed by atoms with E-state index in [4.69, 9.17) is 13.9 Å². The topological polar surface area (TPSA) is 133 Å². The van der Waals surface area contributed by atoms with Gasteiger partial charge in [-0.2, -0.15) is 0 Å². The van der Waals surface area contributed by atoms with E-state index in [0.717, 1.165) is 6.08 Å². The zero-order valence-corrected chi connectivity index (χ0v) is 15.2. The summed E-state index contributed by atoms with van der Waals surface area (Å²) in [5.74, 6) is -0.372. The van der Waals surface area contributed by atoms with Crippen LogP contribution in [0.1, 0.15) is 19.6 Å². The zero-order valence-electron chi connectivity index (χ0n) is 15.2. The van der Waals surface area contributed by atoms with Crippen molar-refractivity contribution in [1.82, 2.24) is 10.9 Å². The van der Waals surface area contributed by atoms with E-state index in [1.807, 2.05) is 6.92 Å². The normalized spacial score (nSPS) is 11.6. The number of carbonyl (C=O) groups is 2. The number of rotatable bonds is 8. The molecule has 0 spiro atoms. The van der Waals surface area contributed by atoms with Crippen molar-refractivity contribution in [2.75, 3.05) is 6.61 Å². The number of nitro groups is 1. The van der Waals surface area contributed by atoms with Crippen LogP contribution < -0.4 is 20.3 Å². The number of amides is 2. The first-order valence-electron chi connectivity index (χ1n) is 8.30. The van der Waals surface area contributed by atoms with Crippen molar-refractivity contribution in [3.8, 4) is 11.5 Å². The molecule has 1 aromatic carbocycles. The lowest BCUT2D eigenvalue weighted by Crippen LogP contribution is -2.46. The second-order valence-electron chi connectivity index (χ2n) is 5.41. The SMILES string of the molecule is CCOc1ccc(O[C@H](C)C(=O)NNC(=O)/C=C/c2ccc([N+](=O)[O-])o2)cc1. The van der Waals surface area contributed by atoms with Crippen molar-refractivity contribution >= 4 is 23.8 Å². The van der Waals surface area contributed by atoms with Gasteiger partial charge in [0.25, 0.3) is 11.8 Å².